The van der Waals surface area contributed by atoms with Crippen molar-refractivity contribution in [2.75, 3.05) is 26.2 Å². The maximum Gasteiger partial charge on any atom is 0.268 e. The van der Waals surface area contributed by atoms with Crippen LogP contribution in [0.1, 0.15) is 31.3 Å². The normalized spacial score (nSPS) is 14.5. The van der Waals surface area contributed by atoms with E-state index < -0.39 is 5.91 Å². The van der Waals surface area contributed by atoms with Gasteiger partial charge in [-0.3, -0.25) is 19.5 Å². The summed E-state index contributed by atoms with van der Waals surface area (Å²) in [4.78, 5) is 36.0. The second-order valence-corrected chi connectivity index (χ2v) is 8.30. The number of benzene rings is 1. The van der Waals surface area contributed by atoms with Gasteiger partial charge in [0.05, 0.1) is 0 Å². The van der Waals surface area contributed by atoms with E-state index in [1.807, 2.05) is 36.4 Å². The van der Waals surface area contributed by atoms with Crippen LogP contribution in [0.4, 0.5) is 0 Å². The number of carbonyl (C=O) groups is 2. The largest absolute Gasteiger partial charge is 0.364 e. The predicted octanol–water partition coefficient (Wildman–Crippen LogP) is 2.13. The van der Waals surface area contributed by atoms with Crippen LogP contribution in [0.5, 0.6) is 0 Å². The van der Waals surface area contributed by atoms with E-state index in [-0.39, 0.29) is 17.9 Å². The first-order chi connectivity index (χ1) is 14.6. The Bertz CT molecular complexity index is 1030. The van der Waals surface area contributed by atoms with Gasteiger partial charge in [-0.25, -0.2) is 4.98 Å². The van der Waals surface area contributed by atoms with Gasteiger partial charge in [-0.2, -0.15) is 0 Å². The van der Waals surface area contributed by atoms with Gasteiger partial charge in [0.25, 0.3) is 5.91 Å². The number of nitrogens with zero attached hydrogens (tertiary/aromatic N) is 3. The minimum atomic E-state index is -0.624. The third-order valence-electron chi connectivity index (χ3n) is 5.07. The van der Waals surface area contributed by atoms with Crippen LogP contribution in [0.25, 0.3) is 10.6 Å². The Morgan fingerprint density at radius 3 is 2.43 bits per heavy atom. The van der Waals surface area contributed by atoms with Gasteiger partial charge in [0.1, 0.15) is 10.7 Å². The highest BCUT2D eigenvalue weighted by molar-refractivity contribution is 7.15. The highest BCUT2D eigenvalue weighted by Gasteiger charge is 2.20. The maximum atomic E-state index is 12.8. The highest BCUT2D eigenvalue weighted by Crippen LogP contribution is 2.28. The molecule has 1 aliphatic heterocycles. The van der Waals surface area contributed by atoms with Gasteiger partial charge < -0.3 is 11.1 Å². The molecule has 0 saturated carbocycles. The van der Waals surface area contributed by atoms with Crippen molar-refractivity contribution in [1.29, 1.82) is 0 Å². The average molecular weight is 422 g/mol. The molecule has 1 aliphatic rings. The number of carbonyl (C=O) groups excluding carboxylic acids is 2. The molecule has 30 heavy (non-hydrogen) atoms. The number of amides is 1. The third-order valence-corrected chi connectivity index (χ3v) is 6.18. The Morgan fingerprint density at radius 2 is 1.77 bits per heavy atom. The summed E-state index contributed by atoms with van der Waals surface area (Å²) in [5.41, 5.74) is 8.31. The zero-order valence-corrected chi connectivity index (χ0v) is 17.3. The highest BCUT2D eigenvalue weighted by atomic mass is 32.1. The first kappa shape index (κ1) is 20.3. The number of piperazine rings is 1. The molecule has 1 saturated heterocycles. The van der Waals surface area contributed by atoms with Crippen molar-refractivity contribution >= 4 is 23.0 Å². The molecule has 1 aromatic carbocycles. The van der Waals surface area contributed by atoms with E-state index in [1.165, 1.54) is 16.9 Å². The number of rotatable bonds is 7. The second-order valence-electron chi connectivity index (χ2n) is 7.21. The van der Waals surface area contributed by atoms with Crippen molar-refractivity contribution < 1.29 is 9.59 Å². The van der Waals surface area contributed by atoms with Gasteiger partial charge in [-0.05, 0) is 17.7 Å². The lowest BCUT2D eigenvalue weighted by atomic mass is 10.0. The molecule has 0 unspecified atom stereocenters. The summed E-state index contributed by atoms with van der Waals surface area (Å²) >= 11 is 1.32. The number of hydrogen-bond donors (Lipinski definition) is 2. The molecule has 154 valence electrons. The maximum absolute atomic E-state index is 12.8. The standard InChI is InChI=1S/C22H23N5O2S/c23-21(29)20-19(30-22(26-20)17-5-7-24-8-6-17)13-18(28)16-3-1-15(2-4-16)14-27-11-9-25-10-12-27/h1-8,25H,9-14H2,(H2,23,29). The van der Waals surface area contributed by atoms with Crippen molar-refractivity contribution in [2.45, 2.75) is 13.0 Å². The summed E-state index contributed by atoms with van der Waals surface area (Å²) in [6.07, 6.45) is 3.42. The van der Waals surface area contributed by atoms with E-state index in [2.05, 4.69) is 20.2 Å². The van der Waals surface area contributed by atoms with Gasteiger partial charge in [-0.1, -0.05) is 24.3 Å². The van der Waals surface area contributed by atoms with Gasteiger partial charge >= 0.3 is 0 Å². The number of aromatic nitrogens is 2. The summed E-state index contributed by atoms with van der Waals surface area (Å²) in [6.45, 7) is 4.96. The fourth-order valence-corrected chi connectivity index (χ4v) is 4.52. The van der Waals surface area contributed by atoms with Crippen LogP contribution in [-0.2, 0) is 13.0 Å². The quantitative estimate of drug-likeness (QED) is 0.567. The fraction of sp³-hybridized carbons (Fsp3) is 0.273. The second kappa shape index (κ2) is 9.25. The topological polar surface area (TPSA) is 101 Å². The van der Waals surface area contributed by atoms with Crippen molar-refractivity contribution in [1.82, 2.24) is 20.2 Å². The van der Waals surface area contributed by atoms with Crippen LogP contribution >= 0.6 is 11.3 Å². The molecule has 3 heterocycles. The van der Waals surface area contributed by atoms with E-state index in [9.17, 15) is 9.59 Å². The number of primary amides is 1. The lowest BCUT2D eigenvalue weighted by Gasteiger charge is -2.27. The Labute approximate surface area is 179 Å². The number of nitrogens with two attached hydrogens (primary N) is 1. The molecule has 0 atom stereocenters. The van der Waals surface area contributed by atoms with E-state index in [0.717, 1.165) is 38.3 Å². The molecular weight excluding hydrogens is 398 g/mol. The van der Waals surface area contributed by atoms with E-state index in [4.69, 9.17) is 5.73 Å². The smallest absolute Gasteiger partial charge is 0.268 e. The molecular formula is C22H23N5O2S. The molecule has 2 aromatic heterocycles. The van der Waals surface area contributed by atoms with Crippen molar-refractivity contribution in [3.05, 3.63) is 70.5 Å². The first-order valence-corrected chi connectivity index (χ1v) is 10.7. The summed E-state index contributed by atoms with van der Waals surface area (Å²) in [5, 5.41) is 4.00. The Hall–Kier alpha value is -2.94. The molecule has 3 aromatic rings. The van der Waals surface area contributed by atoms with Gasteiger partial charge in [-0.15, -0.1) is 11.3 Å². The number of hydrogen-bond acceptors (Lipinski definition) is 7. The third kappa shape index (κ3) is 4.79. The molecule has 3 N–H and O–H groups in total. The van der Waals surface area contributed by atoms with Crippen LogP contribution in [0.15, 0.2) is 48.8 Å². The summed E-state index contributed by atoms with van der Waals surface area (Å²) in [6, 6.07) is 11.3. The zero-order chi connectivity index (χ0) is 20.9. The van der Waals surface area contributed by atoms with Crippen LogP contribution in [-0.4, -0.2) is 52.7 Å². The van der Waals surface area contributed by atoms with Crippen LogP contribution in [0.3, 0.4) is 0 Å². The lowest BCUT2D eigenvalue weighted by molar-refractivity contribution is 0.0991. The first-order valence-electron chi connectivity index (χ1n) is 9.85. The fourth-order valence-electron chi connectivity index (χ4n) is 3.45. The minimum absolute atomic E-state index is 0.0591. The summed E-state index contributed by atoms with van der Waals surface area (Å²) in [5.74, 6) is -0.683. The van der Waals surface area contributed by atoms with E-state index in [0.29, 0.717) is 15.4 Å². The molecule has 8 heteroatoms. The number of ketones is 1. The minimum Gasteiger partial charge on any atom is -0.364 e. The molecule has 4 rings (SSSR count). The molecule has 0 radical (unpaired) electrons. The van der Waals surface area contributed by atoms with Crippen LogP contribution in [0, 0.1) is 0 Å². The van der Waals surface area contributed by atoms with Gasteiger partial charge in [0.2, 0.25) is 0 Å². The number of pyridine rings is 1. The molecule has 7 nitrogen and oxygen atoms in total. The van der Waals surface area contributed by atoms with E-state index in [1.54, 1.807) is 12.4 Å². The van der Waals surface area contributed by atoms with Gasteiger partial charge in [0.15, 0.2) is 5.78 Å². The Morgan fingerprint density at radius 1 is 1.07 bits per heavy atom. The number of nitrogens with one attached hydrogen (secondary N) is 1. The number of thiazole rings is 1. The summed E-state index contributed by atoms with van der Waals surface area (Å²) < 4.78 is 0. The Balaban J connectivity index is 1.48. The zero-order valence-electron chi connectivity index (χ0n) is 16.5. The molecule has 1 amide bonds. The van der Waals surface area contributed by atoms with Crippen LogP contribution < -0.4 is 11.1 Å². The van der Waals surface area contributed by atoms with Crippen molar-refractivity contribution in [3.63, 3.8) is 0 Å². The lowest BCUT2D eigenvalue weighted by Crippen LogP contribution is -2.42. The monoisotopic (exact) mass is 421 g/mol. The van der Waals surface area contributed by atoms with Gasteiger partial charge in [0, 0.05) is 67.5 Å². The molecule has 0 aliphatic carbocycles. The average Bonchev–Trinajstić information content (AvgIpc) is 3.20. The Kier molecular flexibility index (Phi) is 6.27. The molecule has 0 bridgehead atoms. The molecule has 1 fully saturated rings. The van der Waals surface area contributed by atoms with Crippen molar-refractivity contribution in [3.8, 4) is 10.6 Å². The molecule has 0 spiro atoms. The van der Waals surface area contributed by atoms with Crippen LogP contribution in [0.2, 0.25) is 0 Å². The SMILES string of the molecule is NC(=O)c1nc(-c2ccncc2)sc1CC(=O)c1ccc(CN2CCNCC2)cc1. The predicted molar refractivity (Wildman–Crippen MR) is 116 cm³/mol. The van der Waals surface area contributed by atoms with Crippen molar-refractivity contribution in [2.24, 2.45) is 5.73 Å². The van der Waals surface area contributed by atoms with E-state index >= 15 is 0 Å². The summed E-state index contributed by atoms with van der Waals surface area (Å²) in [7, 11) is 0. The number of Topliss-reactive ketones (excluding diaryl/α,β-unsaturated/α-hetero) is 1.